The highest BCUT2D eigenvalue weighted by atomic mass is 35.5. The number of carbonyl (C=O) groups excluding carboxylic acids is 1. The van der Waals surface area contributed by atoms with Gasteiger partial charge in [-0.15, -0.1) is 12.4 Å². The Morgan fingerprint density at radius 3 is 2.79 bits per heavy atom. The van der Waals surface area contributed by atoms with Crippen LogP contribution in [0.3, 0.4) is 0 Å². The molecule has 1 heterocycles. The van der Waals surface area contributed by atoms with Crippen molar-refractivity contribution in [2.75, 3.05) is 13.1 Å². The molecular formula is C14H20Cl2N2O. The van der Waals surface area contributed by atoms with Crippen LogP contribution in [-0.4, -0.2) is 19.0 Å². The SMILES string of the molecule is CC(C)(NC(=O)C1CCNC1)c1cccc(Cl)c1.Cl. The standard InChI is InChI=1S/C14H19ClN2O.ClH/c1-14(2,11-4-3-5-12(15)8-11)17-13(18)10-6-7-16-9-10;/h3-5,8,10,16H,6-7,9H2,1-2H3,(H,17,18);1H. The molecule has 0 saturated carbocycles. The van der Waals surface area contributed by atoms with E-state index in [1.54, 1.807) is 0 Å². The molecule has 1 aromatic carbocycles. The third kappa shape index (κ3) is 4.10. The van der Waals surface area contributed by atoms with Gasteiger partial charge in [-0.1, -0.05) is 23.7 Å². The zero-order valence-electron chi connectivity index (χ0n) is 11.2. The topological polar surface area (TPSA) is 41.1 Å². The molecule has 3 nitrogen and oxygen atoms in total. The van der Waals surface area contributed by atoms with Gasteiger partial charge in [0, 0.05) is 11.6 Å². The minimum Gasteiger partial charge on any atom is -0.347 e. The molecule has 1 unspecified atom stereocenters. The van der Waals surface area contributed by atoms with E-state index in [0.29, 0.717) is 5.02 Å². The fourth-order valence-corrected chi connectivity index (χ4v) is 2.43. The molecule has 0 aromatic heterocycles. The van der Waals surface area contributed by atoms with E-state index in [-0.39, 0.29) is 24.2 Å². The van der Waals surface area contributed by atoms with Gasteiger partial charge in [0.2, 0.25) is 5.91 Å². The van der Waals surface area contributed by atoms with E-state index in [4.69, 9.17) is 11.6 Å². The van der Waals surface area contributed by atoms with Crippen molar-refractivity contribution in [2.24, 2.45) is 5.92 Å². The van der Waals surface area contributed by atoms with E-state index in [1.165, 1.54) is 0 Å². The fourth-order valence-electron chi connectivity index (χ4n) is 2.24. The van der Waals surface area contributed by atoms with Crippen LogP contribution in [-0.2, 0) is 10.3 Å². The summed E-state index contributed by atoms with van der Waals surface area (Å²) in [6.45, 7) is 5.70. The summed E-state index contributed by atoms with van der Waals surface area (Å²) in [5.74, 6) is 0.202. The normalized spacial score (nSPS) is 18.8. The molecule has 0 bridgehead atoms. The second kappa shape index (κ2) is 6.60. The van der Waals surface area contributed by atoms with E-state index >= 15 is 0 Å². The van der Waals surface area contributed by atoms with Gasteiger partial charge < -0.3 is 10.6 Å². The summed E-state index contributed by atoms with van der Waals surface area (Å²) in [7, 11) is 0. The first-order chi connectivity index (χ1) is 8.49. The highest BCUT2D eigenvalue weighted by molar-refractivity contribution is 6.30. The molecule has 0 spiro atoms. The van der Waals surface area contributed by atoms with Crippen LogP contribution >= 0.6 is 24.0 Å². The van der Waals surface area contributed by atoms with Gasteiger partial charge in [0.25, 0.3) is 0 Å². The van der Waals surface area contributed by atoms with Crippen molar-refractivity contribution in [3.8, 4) is 0 Å². The number of hydrogen-bond acceptors (Lipinski definition) is 2. The zero-order valence-corrected chi connectivity index (χ0v) is 12.8. The van der Waals surface area contributed by atoms with Gasteiger partial charge in [-0.05, 0) is 44.5 Å². The number of carbonyl (C=O) groups is 1. The molecule has 1 atom stereocenters. The van der Waals surface area contributed by atoms with Crippen molar-refractivity contribution in [3.05, 3.63) is 34.9 Å². The molecule has 1 amide bonds. The summed E-state index contributed by atoms with van der Waals surface area (Å²) in [6.07, 6.45) is 0.914. The Morgan fingerprint density at radius 2 is 2.21 bits per heavy atom. The third-order valence-electron chi connectivity index (χ3n) is 3.41. The van der Waals surface area contributed by atoms with E-state index in [0.717, 1.165) is 25.1 Å². The Balaban J connectivity index is 0.00000180. The molecule has 2 N–H and O–H groups in total. The second-order valence-electron chi connectivity index (χ2n) is 5.31. The Hall–Kier alpha value is -0.770. The molecule has 0 radical (unpaired) electrons. The van der Waals surface area contributed by atoms with Crippen LogP contribution < -0.4 is 10.6 Å². The van der Waals surface area contributed by atoms with Gasteiger partial charge in [-0.2, -0.15) is 0 Å². The van der Waals surface area contributed by atoms with Crippen LogP contribution in [0.15, 0.2) is 24.3 Å². The van der Waals surface area contributed by atoms with Gasteiger partial charge in [-0.25, -0.2) is 0 Å². The quantitative estimate of drug-likeness (QED) is 0.901. The molecule has 1 fully saturated rings. The minimum atomic E-state index is -0.398. The van der Waals surface area contributed by atoms with Crippen molar-refractivity contribution < 1.29 is 4.79 Å². The molecule has 2 rings (SSSR count). The van der Waals surface area contributed by atoms with Gasteiger partial charge in [0.15, 0.2) is 0 Å². The summed E-state index contributed by atoms with van der Waals surface area (Å²) in [5, 5.41) is 7.00. The van der Waals surface area contributed by atoms with Gasteiger partial charge in [-0.3, -0.25) is 4.79 Å². The van der Waals surface area contributed by atoms with E-state index in [1.807, 2.05) is 38.1 Å². The summed E-state index contributed by atoms with van der Waals surface area (Å²) in [4.78, 5) is 12.1. The lowest BCUT2D eigenvalue weighted by Crippen LogP contribution is -2.44. The van der Waals surface area contributed by atoms with Gasteiger partial charge in [0.1, 0.15) is 0 Å². The van der Waals surface area contributed by atoms with Crippen molar-refractivity contribution >= 4 is 29.9 Å². The van der Waals surface area contributed by atoms with Gasteiger partial charge in [0.05, 0.1) is 11.5 Å². The molecule has 1 aliphatic heterocycles. The first kappa shape index (κ1) is 16.3. The number of amides is 1. The Morgan fingerprint density at radius 1 is 1.47 bits per heavy atom. The first-order valence-electron chi connectivity index (χ1n) is 6.28. The maximum absolute atomic E-state index is 12.1. The number of nitrogens with one attached hydrogen (secondary N) is 2. The van der Waals surface area contributed by atoms with Crippen molar-refractivity contribution in [3.63, 3.8) is 0 Å². The lowest BCUT2D eigenvalue weighted by atomic mass is 9.93. The average molecular weight is 303 g/mol. The summed E-state index contributed by atoms with van der Waals surface area (Å²) in [6, 6.07) is 7.63. The van der Waals surface area contributed by atoms with Crippen LogP contribution in [0, 0.1) is 5.92 Å². The fraction of sp³-hybridized carbons (Fsp3) is 0.500. The van der Waals surface area contributed by atoms with E-state index in [9.17, 15) is 4.79 Å². The van der Waals surface area contributed by atoms with Crippen LogP contribution in [0.5, 0.6) is 0 Å². The molecule has 1 aromatic rings. The molecule has 0 aliphatic carbocycles. The molecule has 1 saturated heterocycles. The number of halogens is 2. The maximum atomic E-state index is 12.1. The van der Waals surface area contributed by atoms with Crippen molar-refractivity contribution in [2.45, 2.75) is 25.8 Å². The van der Waals surface area contributed by atoms with Crippen LogP contribution in [0.1, 0.15) is 25.8 Å². The number of benzene rings is 1. The van der Waals surface area contributed by atoms with Crippen molar-refractivity contribution in [1.82, 2.24) is 10.6 Å². The Labute approximate surface area is 125 Å². The first-order valence-corrected chi connectivity index (χ1v) is 6.65. The molecule has 1 aliphatic rings. The average Bonchev–Trinajstić information content (AvgIpc) is 2.82. The molecular weight excluding hydrogens is 283 g/mol. The van der Waals surface area contributed by atoms with Crippen LogP contribution in [0.25, 0.3) is 0 Å². The van der Waals surface area contributed by atoms with Crippen LogP contribution in [0.2, 0.25) is 5.02 Å². The zero-order chi connectivity index (χ0) is 13.2. The Bertz CT molecular complexity index is 443. The van der Waals surface area contributed by atoms with Crippen molar-refractivity contribution in [1.29, 1.82) is 0 Å². The largest absolute Gasteiger partial charge is 0.347 e. The third-order valence-corrected chi connectivity index (χ3v) is 3.65. The molecule has 106 valence electrons. The van der Waals surface area contributed by atoms with E-state index < -0.39 is 5.54 Å². The highest BCUT2D eigenvalue weighted by Gasteiger charge is 2.28. The predicted molar refractivity (Wildman–Crippen MR) is 80.8 cm³/mol. The predicted octanol–water partition coefficient (Wildman–Crippen LogP) is 2.72. The highest BCUT2D eigenvalue weighted by Crippen LogP contribution is 2.24. The molecule has 19 heavy (non-hydrogen) atoms. The second-order valence-corrected chi connectivity index (χ2v) is 5.75. The monoisotopic (exact) mass is 302 g/mol. The lowest BCUT2D eigenvalue weighted by Gasteiger charge is -2.28. The van der Waals surface area contributed by atoms with Gasteiger partial charge >= 0.3 is 0 Å². The smallest absolute Gasteiger partial charge is 0.225 e. The Kier molecular flexibility index (Phi) is 5.65. The number of rotatable bonds is 3. The number of hydrogen-bond donors (Lipinski definition) is 2. The summed E-state index contributed by atoms with van der Waals surface area (Å²) in [5.41, 5.74) is 0.624. The van der Waals surface area contributed by atoms with E-state index in [2.05, 4.69) is 10.6 Å². The van der Waals surface area contributed by atoms with Crippen LogP contribution in [0.4, 0.5) is 0 Å². The maximum Gasteiger partial charge on any atom is 0.225 e. The molecule has 5 heteroatoms. The summed E-state index contributed by atoms with van der Waals surface area (Å²) < 4.78 is 0. The lowest BCUT2D eigenvalue weighted by molar-refractivity contribution is -0.126. The minimum absolute atomic E-state index is 0. The summed E-state index contributed by atoms with van der Waals surface area (Å²) >= 11 is 5.99.